The Labute approximate surface area is 255 Å². The van der Waals surface area contributed by atoms with Gasteiger partial charge in [0.1, 0.15) is 35.1 Å². The third-order valence-electron chi connectivity index (χ3n) is 9.57. The van der Waals surface area contributed by atoms with Gasteiger partial charge in [0.25, 0.3) is 0 Å². The highest BCUT2D eigenvalue weighted by molar-refractivity contribution is 5.70. The summed E-state index contributed by atoms with van der Waals surface area (Å²) in [5.41, 5.74) is -4.60. The van der Waals surface area contributed by atoms with Crippen LogP contribution in [0.25, 0.3) is 0 Å². The maximum atomic E-state index is 13.0. The zero-order valence-electron chi connectivity index (χ0n) is 27.2. The fraction of sp³-hybridized carbons (Fsp3) is 0.875. The Balaban J connectivity index is 2.25. The van der Waals surface area contributed by atoms with Crippen molar-refractivity contribution < 1.29 is 53.1 Å². The Morgan fingerprint density at radius 3 is 2.02 bits per heavy atom. The van der Waals surface area contributed by atoms with E-state index in [1.807, 2.05) is 27.7 Å². The van der Waals surface area contributed by atoms with Gasteiger partial charge in [-0.15, -0.1) is 0 Å². The first kappa shape index (κ1) is 35.2. The molecule has 2 bridgehead atoms. The molecule has 0 unspecified atom stereocenters. The van der Waals surface area contributed by atoms with E-state index in [9.17, 15) is 29.4 Å². The number of ether oxygens (including phenoxy) is 5. The third kappa shape index (κ3) is 7.36. The van der Waals surface area contributed by atoms with Crippen molar-refractivity contribution in [2.75, 3.05) is 0 Å². The summed E-state index contributed by atoms with van der Waals surface area (Å²) in [5.74, 6) is -3.96. The summed E-state index contributed by atoms with van der Waals surface area (Å²) in [6, 6.07) is 0. The number of carbonyl (C=O) groups excluding carboxylic acids is 4. The second-order valence-electron chi connectivity index (χ2n) is 13.7. The number of hydrogen-bond donors (Lipinski definition) is 2. The van der Waals surface area contributed by atoms with E-state index in [0.717, 1.165) is 0 Å². The topological polar surface area (TPSA) is 155 Å². The zero-order valence-corrected chi connectivity index (χ0v) is 27.2. The van der Waals surface area contributed by atoms with Crippen molar-refractivity contribution in [3.05, 3.63) is 0 Å². The number of rotatable bonds is 9. The molecule has 2 saturated heterocycles. The van der Waals surface area contributed by atoms with Crippen molar-refractivity contribution in [1.29, 1.82) is 0 Å². The lowest BCUT2D eigenvalue weighted by Gasteiger charge is -2.55. The van der Waals surface area contributed by atoms with Crippen LogP contribution in [0.2, 0.25) is 0 Å². The minimum Gasteiger partial charge on any atom is -0.460 e. The van der Waals surface area contributed by atoms with Crippen molar-refractivity contribution in [2.45, 2.75) is 155 Å². The molecule has 2 aliphatic heterocycles. The van der Waals surface area contributed by atoms with Gasteiger partial charge in [-0.2, -0.15) is 0 Å². The van der Waals surface area contributed by atoms with Crippen molar-refractivity contribution in [3.8, 4) is 0 Å². The molecule has 1 saturated carbocycles. The van der Waals surface area contributed by atoms with Gasteiger partial charge in [-0.05, 0) is 52.4 Å². The first-order chi connectivity index (χ1) is 19.9. The maximum absolute atomic E-state index is 13.0. The highest BCUT2D eigenvalue weighted by Crippen LogP contribution is 2.59. The average molecular weight is 613 g/mol. The van der Waals surface area contributed by atoms with Crippen molar-refractivity contribution in [2.24, 2.45) is 23.7 Å². The van der Waals surface area contributed by atoms with Crippen molar-refractivity contribution in [3.63, 3.8) is 0 Å². The maximum Gasteiger partial charge on any atom is 0.306 e. The predicted molar refractivity (Wildman–Crippen MR) is 154 cm³/mol. The van der Waals surface area contributed by atoms with Crippen molar-refractivity contribution >= 4 is 23.9 Å². The van der Waals surface area contributed by atoms with Crippen molar-refractivity contribution in [1.82, 2.24) is 0 Å². The predicted octanol–water partition coefficient (Wildman–Crippen LogP) is 3.64. The van der Waals surface area contributed by atoms with E-state index in [2.05, 4.69) is 0 Å². The highest BCUT2D eigenvalue weighted by Gasteiger charge is 2.70. The van der Waals surface area contributed by atoms with Gasteiger partial charge in [0.05, 0.1) is 6.10 Å². The molecule has 1 aliphatic carbocycles. The molecule has 3 aliphatic rings. The van der Waals surface area contributed by atoms with Crippen LogP contribution in [0.15, 0.2) is 0 Å². The largest absolute Gasteiger partial charge is 0.460 e. The molecule has 0 aromatic rings. The van der Waals surface area contributed by atoms with Crippen LogP contribution in [0.1, 0.15) is 107 Å². The number of hydrogen-bond acceptors (Lipinski definition) is 11. The van der Waals surface area contributed by atoms with Gasteiger partial charge in [0.15, 0.2) is 6.10 Å². The SMILES string of the molecule is CCCC(=O)O[C@H]1[C@H](C(C)C)[C@@H]2[C@@H]([C@H]3C[C@](C)(O)[C@@H](OC(C)=O)CC[C@@](C)(OC(=O)CCC)[C@@H]2O3)[C@](C)(O)[C@@H]1OC(C)=O. The van der Waals surface area contributed by atoms with Crippen LogP contribution in [-0.4, -0.2) is 81.4 Å². The number of carbonyl (C=O) groups is 4. The lowest BCUT2D eigenvalue weighted by molar-refractivity contribution is -0.243. The zero-order chi connectivity index (χ0) is 32.5. The molecule has 0 aromatic carbocycles. The molecule has 246 valence electrons. The van der Waals surface area contributed by atoms with E-state index in [-0.39, 0.29) is 38.0 Å². The Kier molecular flexibility index (Phi) is 11.0. The molecule has 43 heavy (non-hydrogen) atoms. The molecule has 11 atom stereocenters. The fourth-order valence-electron chi connectivity index (χ4n) is 7.84. The molecular formula is C32H52O11. The third-order valence-corrected chi connectivity index (χ3v) is 9.57. The number of fused-ring (bicyclic) bond motifs is 5. The smallest absolute Gasteiger partial charge is 0.306 e. The second kappa shape index (κ2) is 13.4. The summed E-state index contributed by atoms with van der Waals surface area (Å²) < 4.78 is 30.3. The Morgan fingerprint density at radius 2 is 1.49 bits per heavy atom. The molecule has 2 N–H and O–H groups in total. The van der Waals surface area contributed by atoms with Crippen LogP contribution in [0.5, 0.6) is 0 Å². The molecule has 2 heterocycles. The molecule has 0 radical (unpaired) electrons. The van der Waals surface area contributed by atoms with Crippen LogP contribution >= 0.6 is 0 Å². The molecule has 3 fully saturated rings. The standard InChI is InChI=1S/C32H52O11/c1-10-12-22(35)42-27-24(17(3)4)25-26(32(9,38)29(27)40-19(6)34)20-16-30(7,37)21(39-18(5)33)14-15-31(8,28(25)41-20)43-23(36)13-11-2/h17,20-21,24-29,37-38H,10-16H2,1-9H3/t20-,21+,24-,25-,26-,27+,28-,29-,30+,31-,32+/m1/s1. The fourth-order valence-corrected chi connectivity index (χ4v) is 7.84. The first-order valence-electron chi connectivity index (χ1n) is 15.8. The normalized spacial score (nSPS) is 40.8. The van der Waals surface area contributed by atoms with Crippen LogP contribution in [-0.2, 0) is 42.9 Å². The van der Waals surface area contributed by atoms with Gasteiger partial charge in [0.2, 0.25) is 0 Å². The summed E-state index contributed by atoms with van der Waals surface area (Å²) in [6.07, 6.45) is -2.93. The summed E-state index contributed by atoms with van der Waals surface area (Å²) in [6.45, 7) is 15.0. The first-order valence-corrected chi connectivity index (χ1v) is 15.8. The molecular weight excluding hydrogens is 560 g/mol. The minimum absolute atomic E-state index is 0.0182. The van der Waals surface area contributed by atoms with E-state index >= 15 is 0 Å². The molecule has 11 nitrogen and oxygen atoms in total. The Bertz CT molecular complexity index is 1040. The van der Waals surface area contributed by atoms with E-state index < -0.39 is 89.0 Å². The number of esters is 4. The highest BCUT2D eigenvalue weighted by atomic mass is 16.6. The molecule has 3 rings (SSSR count). The minimum atomic E-state index is -1.78. The van der Waals surface area contributed by atoms with Crippen LogP contribution < -0.4 is 0 Å². The van der Waals surface area contributed by atoms with Crippen LogP contribution in [0, 0.1) is 23.7 Å². The summed E-state index contributed by atoms with van der Waals surface area (Å²) in [4.78, 5) is 50.4. The van der Waals surface area contributed by atoms with Crippen LogP contribution in [0.4, 0.5) is 0 Å². The van der Waals surface area contributed by atoms with Crippen LogP contribution in [0.3, 0.4) is 0 Å². The van der Waals surface area contributed by atoms with Gasteiger partial charge in [0, 0.05) is 50.9 Å². The van der Waals surface area contributed by atoms with Gasteiger partial charge in [-0.1, -0.05) is 27.7 Å². The van der Waals surface area contributed by atoms with Gasteiger partial charge >= 0.3 is 23.9 Å². The quantitative estimate of drug-likeness (QED) is 0.290. The van der Waals surface area contributed by atoms with E-state index in [0.29, 0.717) is 12.8 Å². The van der Waals surface area contributed by atoms with E-state index in [1.54, 1.807) is 20.8 Å². The van der Waals surface area contributed by atoms with Gasteiger partial charge in [-0.25, -0.2) is 0 Å². The Hall–Kier alpha value is -2.24. The van der Waals surface area contributed by atoms with Gasteiger partial charge < -0.3 is 33.9 Å². The molecule has 0 spiro atoms. The van der Waals surface area contributed by atoms with E-state index in [1.165, 1.54) is 13.8 Å². The Morgan fingerprint density at radius 1 is 0.907 bits per heavy atom. The monoisotopic (exact) mass is 612 g/mol. The van der Waals surface area contributed by atoms with Gasteiger partial charge in [-0.3, -0.25) is 19.2 Å². The number of aliphatic hydroxyl groups is 2. The summed E-state index contributed by atoms with van der Waals surface area (Å²) in [7, 11) is 0. The summed E-state index contributed by atoms with van der Waals surface area (Å²) in [5, 5.41) is 24.1. The summed E-state index contributed by atoms with van der Waals surface area (Å²) >= 11 is 0. The lowest BCUT2D eigenvalue weighted by Crippen LogP contribution is -2.68. The molecule has 0 aromatic heterocycles. The second-order valence-corrected chi connectivity index (χ2v) is 13.7. The molecule has 0 amide bonds. The van der Waals surface area contributed by atoms with E-state index in [4.69, 9.17) is 23.7 Å². The lowest BCUT2D eigenvalue weighted by atomic mass is 9.55. The average Bonchev–Trinajstić information content (AvgIpc) is 3.24. The molecule has 11 heteroatoms.